The Morgan fingerprint density at radius 1 is 0.778 bits per heavy atom. The summed E-state index contributed by atoms with van der Waals surface area (Å²) in [4.78, 5) is 32.0. The van der Waals surface area contributed by atoms with Crippen molar-refractivity contribution in [3.8, 4) is 0 Å². The van der Waals surface area contributed by atoms with Crippen molar-refractivity contribution in [2.45, 2.75) is 6.54 Å². The van der Waals surface area contributed by atoms with Gasteiger partial charge in [0.1, 0.15) is 10.3 Å². The largest absolute Gasteiger partial charge is 0.348 e. The fourth-order valence-electron chi connectivity index (χ4n) is 2.21. The van der Waals surface area contributed by atoms with E-state index in [1.165, 1.54) is 12.4 Å². The Morgan fingerprint density at radius 3 is 1.85 bits per heavy atom. The monoisotopic (exact) mass is 400 g/mol. The molecule has 3 aromatic rings. The second kappa shape index (κ2) is 8.62. The van der Waals surface area contributed by atoms with Crippen LogP contribution in [-0.4, -0.2) is 21.8 Å². The minimum absolute atomic E-state index is 0.244. The molecule has 0 aliphatic rings. The molecule has 8 heteroatoms. The molecule has 0 atom stereocenters. The molecule has 0 spiro atoms. The minimum Gasteiger partial charge on any atom is -0.348 e. The van der Waals surface area contributed by atoms with Crippen LogP contribution in [0.4, 0.5) is 5.69 Å². The number of carbonyl (C=O) groups excluding carboxylic acids is 2. The molecule has 2 N–H and O–H groups in total. The summed E-state index contributed by atoms with van der Waals surface area (Å²) in [6.07, 6.45) is 2.83. The fraction of sp³-hybridized carbons (Fsp3) is 0.0526. The van der Waals surface area contributed by atoms with Gasteiger partial charge in [-0.25, -0.2) is 9.97 Å². The molecule has 6 nitrogen and oxygen atoms in total. The number of nitrogens with zero attached hydrogens (tertiary/aromatic N) is 2. The highest BCUT2D eigenvalue weighted by molar-refractivity contribution is 6.29. The van der Waals surface area contributed by atoms with E-state index in [1.807, 2.05) is 12.1 Å². The van der Waals surface area contributed by atoms with Crippen LogP contribution in [0.15, 0.2) is 60.9 Å². The molecule has 0 aliphatic heterocycles. The van der Waals surface area contributed by atoms with Gasteiger partial charge in [-0.2, -0.15) is 0 Å². The molecular weight excluding hydrogens is 387 g/mol. The van der Waals surface area contributed by atoms with Crippen molar-refractivity contribution in [2.75, 3.05) is 5.32 Å². The first-order chi connectivity index (χ1) is 13.0. The van der Waals surface area contributed by atoms with E-state index >= 15 is 0 Å². The van der Waals surface area contributed by atoms with Gasteiger partial charge in [-0.1, -0.05) is 35.3 Å². The third-order valence-electron chi connectivity index (χ3n) is 3.64. The molecule has 2 aromatic heterocycles. The predicted octanol–water partition coefficient (Wildman–Crippen LogP) is 3.97. The number of nitrogens with one attached hydrogen (secondary N) is 2. The SMILES string of the molecule is O=C(NCc1ccc(NC(=O)c2ccc(Cl)nc2)cc1)c1ccc(Cl)nc1. The summed E-state index contributed by atoms with van der Waals surface area (Å²) in [7, 11) is 0. The van der Waals surface area contributed by atoms with Crippen molar-refractivity contribution in [3.63, 3.8) is 0 Å². The van der Waals surface area contributed by atoms with Crippen LogP contribution < -0.4 is 10.6 Å². The molecule has 0 bridgehead atoms. The van der Waals surface area contributed by atoms with Crippen molar-refractivity contribution in [2.24, 2.45) is 0 Å². The lowest BCUT2D eigenvalue weighted by Gasteiger charge is -2.08. The quantitative estimate of drug-likeness (QED) is 0.634. The first-order valence-electron chi connectivity index (χ1n) is 7.93. The molecule has 3 rings (SSSR count). The predicted molar refractivity (Wildman–Crippen MR) is 104 cm³/mol. The number of anilines is 1. The number of aromatic nitrogens is 2. The molecule has 0 unspecified atom stereocenters. The summed E-state index contributed by atoms with van der Waals surface area (Å²) in [6, 6.07) is 13.5. The Bertz CT molecular complexity index is 943. The first kappa shape index (κ1) is 18.8. The van der Waals surface area contributed by atoms with Crippen LogP contribution >= 0.6 is 23.2 Å². The van der Waals surface area contributed by atoms with Gasteiger partial charge < -0.3 is 10.6 Å². The molecule has 0 aliphatic carbocycles. The molecule has 2 amide bonds. The maximum absolute atomic E-state index is 12.1. The first-order valence-corrected chi connectivity index (χ1v) is 8.68. The van der Waals surface area contributed by atoms with Crippen molar-refractivity contribution >= 4 is 40.7 Å². The molecule has 0 saturated heterocycles. The number of benzene rings is 1. The van der Waals surface area contributed by atoms with Crippen LogP contribution in [-0.2, 0) is 6.54 Å². The normalized spacial score (nSPS) is 10.3. The Kier molecular flexibility index (Phi) is 6.01. The molecule has 0 fully saturated rings. The van der Waals surface area contributed by atoms with Gasteiger partial charge in [0.15, 0.2) is 0 Å². The summed E-state index contributed by atoms with van der Waals surface area (Å²) in [5, 5.41) is 6.22. The highest BCUT2D eigenvalue weighted by atomic mass is 35.5. The second-order valence-electron chi connectivity index (χ2n) is 5.57. The summed E-state index contributed by atoms with van der Waals surface area (Å²) in [6.45, 7) is 0.344. The van der Waals surface area contributed by atoms with Crippen LogP contribution in [0.2, 0.25) is 10.3 Å². The lowest BCUT2D eigenvalue weighted by molar-refractivity contribution is 0.0949. The minimum atomic E-state index is -0.282. The van der Waals surface area contributed by atoms with Crippen LogP contribution in [0.5, 0.6) is 0 Å². The van der Waals surface area contributed by atoms with E-state index in [4.69, 9.17) is 23.2 Å². The molecule has 1 aromatic carbocycles. The van der Waals surface area contributed by atoms with Crippen molar-refractivity contribution in [3.05, 3.63) is 87.9 Å². The number of carbonyl (C=O) groups is 2. The topological polar surface area (TPSA) is 84.0 Å². The van der Waals surface area contributed by atoms with Crippen molar-refractivity contribution < 1.29 is 9.59 Å². The van der Waals surface area contributed by atoms with Gasteiger partial charge in [0.2, 0.25) is 0 Å². The molecule has 0 saturated carbocycles. The molecule has 27 heavy (non-hydrogen) atoms. The van der Waals surface area contributed by atoms with Gasteiger partial charge in [-0.15, -0.1) is 0 Å². The van der Waals surface area contributed by atoms with E-state index < -0.39 is 0 Å². The highest BCUT2D eigenvalue weighted by Crippen LogP contribution is 2.13. The van der Waals surface area contributed by atoms with E-state index in [0.717, 1.165) is 5.56 Å². The van der Waals surface area contributed by atoms with Gasteiger partial charge in [0.25, 0.3) is 11.8 Å². The third-order valence-corrected chi connectivity index (χ3v) is 4.09. The summed E-state index contributed by atoms with van der Waals surface area (Å²) in [5.41, 5.74) is 2.36. The van der Waals surface area contributed by atoms with Crippen LogP contribution in [0.25, 0.3) is 0 Å². The maximum atomic E-state index is 12.1. The molecule has 2 heterocycles. The van der Waals surface area contributed by atoms with Crippen molar-refractivity contribution in [1.82, 2.24) is 15.3 Å². The second-order valence-corrected chi connectivity index (χ2v) is 6.35. The molecular formula is C19H14Cl2N4O2. The van der Waals surface area contributed by atoms with Gasteiger partial charge in [0.05, 0.1) is 11.1 Å². The van der Waals surface area contributed by atoms with Gasteiger partial charge >= 0.3 is 0 Å². The lowest BCUT2D eigenvalue weighted by Crippen LogP contribution is -2.22. The average molecular weight is 401 g/mol. The highest BCUT2D eigenvalue weighted by Gasteiger charge is 2.08. The Balaban J connectivity index is 1.55. The molecule has 136 valence electrons. The van der Waals surface area contributed by atoms with Gasteiger partial charge in [-0.3, -0.25) is 9.59 Å². The van der Waals surface area contributed by atoms with Gasteiger partial charge in [-0.05, 0) is 42.0 Å². The summed E-state index contributed by atoms with van der Waals surface area (Å²) in [5.74, 6) is -0.526. The Labute approximate surface area is 165 Å². The number of hydrogen-bond acceptors (Lipinski definition) is 4. The van der Waals surface area contributed by atoms with E-state index in [0.29, 0.717) is 33.7 Å². The van der Waals surface area contributed by atoms with E-state index in [1.54, 1.807) is 36.4 Å². The Hall–Kier alpha value is -2.96. The van der Waals surface area contributed by atoms with E-state index in [9.17, 15) is 9.59 Å². The molecule has 0 radical (unpaired) electrons. The maximum Gasteiger partial charge on any atom is 0.257 e. The standard InChI is InChI=1S/C19H14Cl2N4O2/c20-16-7-3-13(10-22-16)18(26)24-9-12-1-5-15(6-2-12)25-19(27)14-4-8-17(21)23-11-14/h1-8,10-11H,9H2,(H,24,26)(H,25,27). The van der Waals surface area contributed by atoms with Crippen LogP contribution in [0.1, 0.15) is 26.3 Å². The zero-order valence-corrected chi connectivity index (χ0v) is 15.5. The number of halogens is 2. The number of hydrogen-bond donors (Lipinski definition) is 2. The zero-order chi connectivity index (χ0) is 19.2. The number of rotatable bonds is 5. The van der Waals surface area contributed by atoms with Crippen LogP contribution in [0.3, 0.4) is 0 Å². The van der Waals surface area contributed by atoms with Gasteiger partial charge in [0, 0.05) is 24.6 Å². The Morgan fingerprint density at radius 2 is 1.33 bits per heavy atom. The average Bonchev–Trinajstić information content (AvgIpc) is 2.68. The van der Waals surface area contributed by atoms with E-state index in [2.05, 4.69) is 20.6 Å². The fourth-order valence-corrected chi connectivity index (χ4v) is 2.44. The lowest BCUT2D eigenvalue weighted by atomic mass is 10.2. The summed E-state index contributed by atoms with van der Waals surface area (Å²) >= 11 is 11.4. The zero-order valence-electron chi connectivity index (χ0n) is 13.9. The smallest absolute Gasteiger partial charge is 0.257 e. The number of pyridine rings is 2. The van der Waals surface area contributed by atoms with Crippen molar-refractivity contribution in [1.29, 1.82) is 0 Å². The summed E-state index contributed by atoms with van der Waals surface area (Å²) < 4.78 is 0. The van der Waals surface area contributed by atoms with E-state index in [-0.39, 0.29) is 11.8 Å². The van der Waals surface area contributed by atoms with Crippen LogP contribution in [0, 0.1) is 0 Å². The third kappa shape index (κ3) is 5.26. The number of amides is 2.